The van der Waals surface area contributed by atoms with Crippen LogP contribution in [0.5, 0.6) is 5.75 Å². The van der Waals surface area contributed by atoms with Crippen molar-refractivity contribution in [1.82, 2.24) is 4.90 Å². The second kappa shape index (κ2) is 6.10. The van der Waals surface area contributed by atoms with Gasteiger partial charge in [0.15, 0.2) is 0 Å². The van der Waals surface area contributed by atoms with E-state index in [0.717, 1.165) is 5.56 Å². The fraction of sp³-hybridized carbons (Fsp3) is 0.529. The zero-order chi connectivity index (χ0) is 17.4. The number of hydrogen-bond acceptors (Lipinski definition) is 3. The van der Waals surface area contributed by atoms with E-state index in [1.54, 1.807) is 19.2 Å². The number of aliphatic carboxylic acids is 1. The van der Waals surface area contributed by atoms with Crippen LogP contribution < -0.4 is 4.74 Å². The highest BCUT2D eigenvalue weighted by Crippen LogP contribution is 2.44. The van der Waals surface area contributed by atoms with Gasteiger partial charge in [-0.15, -0.1) is 0 Å². The monoisotopic (exact) mass is 321 g/mol. The molecule has 3 atom stereocenters. The Labute approximate surface area is 135 Å². The van der Waals surface area contributed by atoms with E-state index in [4.69, 9.17) is 4.74 Å². The number of nitrogens with zero attached hydrogens (tertiary/aromatic N) is 1. The average molecular weight is 321 g/mol. The molecule has 1 fully saturated rings. The summed E-state index contributed by atoms with van der Waals surface area (Å²) in [5.41, 5.74) is 0.346. The number of carboxylic acids is 1. The van der Waals surface area contributed by atoms with Gasteiger partial charge in [0.25, 0.3) is 0 Å². The number of benzene rings is 1. The molecule has 1 unspecified atom stereocenters. The maximum absolute atomic E-state index is 11.9. The molecule has 2 N–H and O–H groups in total. The van der Waals surface area contributed by atoms with Crippen molar-refractivity contribution in [3.05, 3.63) is 29.8 Å². The van der Waals surface area contributed by atoms with Crippen LogP contribution in [0.3, 0.4) is 0 Å². The van der Waals surface area contributed by atoms with E-state index in [1.807, 2.05) is 32.9 Å². The first kappa shape index (κ1) is 17.1. The molecule has 1 aliphatic heterocycles. The fourth-order valence-corrected chi connectivity index (χ4v) is 3.53. The largest absolute Gasteiger partial charge is 0.497 e. The molecule has 1 aromatic rings. The van der Waals surface area contributed by atoms with Crippen LogP contribution in [0.15, 0.2) is 24.3 Å². The van der Waals surface area contributed by atoms with E-state index in [0.29, 0.717) is 5.75 Å². The molecular weight excluding hydrogens is 298 g/mol. The molecule has 0 bridgehead atoms. The molecule has 1 aliphatic rings. The third-order valence-corrected chi connectivity index (χ3v) is 4.46. The van der Waals surface area contributed by atoms with Gasteiger partial charge >= 0.3 is 12.1 Å². The molecule has 1 amide bonds. The Hall–Kier alpha value is -2.24. The Morgan fingerprint density at radius 1 is 1.17 bits per heavy atom. The fourth-order valence-electron chi connectivity index (χ4n) is 3.53. The average Bonchev–Trinajstić information content (AvgIpc) is 2.88. The highest BCUT2D eigenvalue weighted by Gasteiger charge is 2.52. The maximum atomic E-state index is 11.9. The van der Waals surface area contributed by atoms with Gasteiger partial charge in [0.1, 0.15) is 5.75 Å². The van der Waals surface area contributed by atoms with Gasteiger partial charge in [-0.3, -0.25) is 4.79 Å². The second-order valence-electron chi connectivity index (χ2n) is 6.99. The van der Waals surface area contributed by atoms with Gasteiger partial charge in [-0.2, -0.15) is 0 Å². The number of carbonyl (C=O) groups is 2. The third-order valence-electron chi connectivity index (χ3n) is 4.46. The standard InChI is InChI=1S/C17H23NO5/c1-17(2,3)14-13(15(19)20)12(9-18(14)16(21)22)10-5-7-11(23-4)8-6-10/h5-8,12-14H,9H2,1-4H3,(H,19,20)(H,21,22)/t12?,13-,14-/m0/s1. The molecule has 0 aromatic heterocycles. The maximum Gasteiger partial charge on any atom is 0.407 e. The summed E-state index contributed by atoms with van der Waals surface area (Å²) in [7, 11) is 1.56. The Kier molecular flexibility index (Phi) is 4.54. The Bertz CT molecular complexity index is 590. The molecule has 126 valence electrons. The van der Waals surface area contributed by atoms with Gasteiger partial charge in [0, 0.05) is 12.5 Å². The van der Waals surface area contributed by atoms with Crippen LogP contribution in [-0.4, -0.2) is 46.9 Å². The Morgan fingerprint density at radius 2 is 1.74 bits per heavy atom. The van der Waals surface area contributed by atoms with Crippen molar-refractivity contribution < 1.29 is 24.5 Å². The molecule has 23 heavy (non-hydrogen) atoms. The first-order valence-corrected chi connectivity index (χ1v) is 7.53. The molecular formula is C17H23NO5. The normalized spacial score (nSPS) is 24.5. The van der Waals surface area contributed by atoms with Gasteiger partial charge in [-0.1, -0.05) is 32.9 Å². The minimum atomic E-state index is -1.08. The van der Waals surface area contributed by atoms with Crippen LogP contribution in [0.25, 0.3) is 0 Å². The lowest BCUT2D eigenvalue weighted by Gasteiger charge is -2.35. The predicted molar refractivity (Wildman–Crippen MR) is 84.8 cm³/mol. The van der Waals surface area contributed by atoms with E-state index in [2.05, 4.69) is 0 Å². The zero-order valence-electron chi connectivity index (χ0n) is 13.8. The predicted octanol–water partition coefficient (Wildman–Crippen LogP) is 2.89. The Balaban J connectivity index is 2.45. The van der Waals surface area contributed by atoms with Crippen LogP contribution in [0.1, 0.15) is 32.3 Å². The van der Waals surface area contributed by atoms with Gasteiger partial charge in [-0.05, 0) is 23.1 Å². The number of likely N-dealkylation sites (tertiary alicyclic amines) is 1. The number of methoxy groups -OCH3 is 1. The summed E-state index contributed by atoms with van der Waals surface area (Å²) in [5, 5.41) is 19.2. The molecule has 1 heterocycles. The highest BCUT2D eigenvalue weighted by molar-refractivity contribution is 5.76. The van der Waals surface area contributed by atoms with Crippen LogP contribution >= 0.6 is 0 Å². The molecule has 1 aromatic carbocycles. The topological polar surface area (TPSA) is 87.1 Å². The summed E-state index contributed by atoms with van der Waals surface area (Å²) in [5.74, 6) is -1.44. The van der Waals surface area contributed by atoms with Crippen LogP contribution in [-0.2, 0) is 4.79 Å². The Morgan fingerprint density at radius 3 is 2.13 bits per heavy atom. The lowest BCUT2D eigenvalue weighted by Crippen LogP contribution is -2.47. The molecule has 0 spiro atoms. The molecule has 0 saturated carbocycles. The van der Waals surface area contributed by atoms with E-state index in [-0.39, 0.29) is 12.5 Å². The number of carboxylic acid groups (broad SMARTS) is 2. The van der Waals surface area contributed by atoms with Crippen LogP contribution in [0.4, 0.5) is 4.79 Å². The van der Waals surface area contributed by atoms with Crippen LogP contribution in [0, 0.1) is 11.3 Å². The highest BCUT2D eigenvalue weighted by atomic mass is 16.5. The lowest BCUT2D eigenvalue weighted by atomic mass is 9.75. The summed E-state index contributed by atoms with van der Waals surface area (Å²) in [6.07, 6.45) is -1.08. The molecule has 2 rings (SSSR count). The molecule has 6 nitrogen and oxygen atoms in total. The van der Waals surface area contributed by atoms with E-state index in [1.165, 1.54) is 4.90 Å². The SMILES string of the molecule is COc1ccc(C2CN(C(=O)O)[C@H](C(C)(C)C)[C@H]2C(=O)O)cc1. The van der Waals surface area contributed by atoms with E-state index in [9.17, 15) is 19.8 Å². The first-order valence-electron chi connectivity index (χ1n) is 7.53. The van der Waals surface area contributed by atoms with Crippen molar-refractivity contribution in [2.45, 2.75) is 32.7 Å². The van der Waals surface area contributed by atoms with Crippen molar-refractivity contribution in [2.75, 3.05) is 13.7 Å². The van der Waals surface area contributed by atoms with Crippen molar-refractivity contribution >= 4 is 12.1 Å². The van der Waals surface area contributed by atoms with Crippen molar-refractivity contribution in [3.63, 3.8) is 0 Å². The number of hydrogen-bond donors (Lipinski definition) is 2. The van der Waals surface area contributed by atoms with Crippen LogP contribution in [0.2, 0.25) is 0 Å². The summed E-state index contributed by atoms with van der Waals surface area (Å²) in [6.45, 7) is 5.81. The quantitative estimate of drug-likeness (QED) is 0.894. The molecule has 6 heteroatoms. The minimum Gasteiger partial charge on any atom is -0.497 e. The third kappa shape index (κ3) is 3.25. The van der Waals surface area contributed by atoms with Crippen molar-refractivity contribution in [1.29, 1.82) is 0 Å². The number of ether oxygens (including phenoxy) is 1. The molecule has 0 aliphatic carbocycles. The first-order chi connectivity index (χ1) is 10.7. The van der Waals surface area contributed by atoms with Gasteiger partial charge in [-0.25, -0.2) is 4.79 Å². The summed E-state index contributed by atoms with van der Waals surface area (Å²) >= 11 is 0. The van der Waals surface area contributed by atoms with Gasteiger partial charge in [0.2, 0.25) is 0 Å². The van der Waals surface area contributed by atoms with Crippen molar-refractivity contribution in [2.24, 2.45) is 11.3 Å². The lowest BCUT2D eigenvalue weighted by molar-refractivity contribution is -0.144. The van der Waals surface area contributed by atoms with E-state index < -0.39 is 29.4 Å². The zero-order valence-corrected chi connectivity index (χ0v) is 13.8. The van der Waals surface area contributed by atoms with E-state index >= 15 is 0 Å². The van der Waals surface area contributed by atoms with Crippen molar-refractivity contribution in [3.8, 4) is 5.75 Å². The van der Waals surface area contributed by atoms with Gasteiger partial charge < -0.3 is 19.8 Å². The smallest absolute Gasteiger partial charge is 0.407 e. The molecule has 0 radical (unpaired) electrons. The minimum absolute atomic E-state index is 0.181. The van der Waals surface area contributed by atoms with Gasteiger partial charge in [0.05, 0.1) is 19.1 Å². The number of rotatable bonds is 3. The number of amides is 1. The summed E-state index contributed by atoms with van der Waals surface area (Å²) < 4.78 is 5.12. The summed E-state index contributed by atoms with van der Waals surface area (Å²) in [6, 6.07) is 6.58. The molecule has 1 saturated heterocycles. The second-order valence-corrected chi connectivity index (χ2v) is 6.99. The summed E-state index contributed by atoms with van der Waals surface area (Å²) in [4.78, 5) is 24.8.